The first-order valence-corrected chi connectivity index (χ1v) is 13.8. The maximum Gasteiger partial charge on any atom is 0.228 e. The van der Waals surface area contributed by atoms with E-state index in [0.29, 0.717) is 39.3 Å². The van der Waals surface area contributed by atoms with E-state index in [1.54, 1.807) is 6.20 Å². The smallest absolute Gasteiger partial charge is 0.228 e. The lowest BCUT2D eigenvalue weighted by molar-refractivity contribution is 0.231. The normalized spacial score (nSPS) is 22.6. The molecule has 2 aromatic carbocycles. The fraction of sp³-hybridized carbons (Fsp3) is 0.433. The zero-order chi connectivity index (χ0) is 25.3. The Kier molecular flexibility index (Phi) is 5.33. The summed E-state index contributed by atoms with van der Waals surface area (Å²) in [6.45, 7) is 8.23. The molecule has 4 heterocycles. The quantitative estimate of drug-likeness (QED) is 0.290. The van der Waals surface area contributed by atoms with Crippen LogP contribution >= 0.6 is 11.6 Å². The largest absolute Gasteiger partial charge is 0.355 e. The molecular formula is C30H31ClFN5. The number of aromatic nitrogens is 3. The van der Waals surface area contributed by atoms with Crippen LogP contribution in [-0.2, 0) is 0 Å². The van der Waals surface area contributed by atoms with Gasteiger partial charge in [0.15, 0.2) is 5.82 Å². The number of pyridine rings is 1. The van der Waals surface area contributed by atoms with Crippen LogP contribution in [0.1, 0.15) is 39.5 Å². The summed E-state index contributed by atoms with van der Waals surface area (Å²) < 4.78 is 16.5. The van der Waals surface area contributed by atoms with Crippen LogP contribution in [0.15, 0.2) is 42.6 Å². The van der Waals surface area contributed by atoms with Crippen molar-refractivity contribution in [3.63, 3.8) is 0 Å². The van der Waals surface area contributed by atoms with Gasteiger partial charge in [0.05, 0.1) is 5.39 Å². The molecule has 2 aliphatic heterocycles. The van der Waals surface area contributed by atoms with Crippen molar-refractivity contribution >= 4 is 45.0 Å². The van der Waals surface area contributed by atoms with Crippen molar-refractivity contribution in [1.29, 1.82) is 0 Å². The number of hydrogen-bond donors (Lipinski definition) is 0. The summed E-state index contributed by atoms with van der Waals surface area (Å²) in [5.41, 5.74) is 1.56. The van der Waals surface area contributed by atoms with Crippen molar-refractivity contribution in [2.75, 3.05) is 36.0 Å². The highest BCUT2D eigenvalue weighted by atomic mass is 35.5. The van der Waals surface area contributed by atoms with Crippen LogP contribution in [0.4, 0.5) is 16.2 Å². The molecule has 0 spiro atoms. The van der Waals surface area contributed by atoms with Crippen LogP contribution in [0.25, 0.3) is 32.9 Å². The van der Waals surface area contributed by atoms with E-state index in [9.17, 15) is 0 Å². The van der Waals surface area contributed by atoms with Crippen LogP contribution in [0, 0.1) is 23.1 Å². The van der Waals surface area contributed by atoms with Gasteiger partial charge < -0.3 is 9.80 Å². The standard InChI is InChI=1S/C30H31ClFN5/c1-3-30(2)16-37(17-30)29-34-27-22(28(35-29)36-14-18-10-11-19(12-18)15-36)13-33-26(25(27)32)21-8-4-6-20-7-5-9-23(31)24(20)21/h4-9,13,18-19H,3,10-12,14-17H2,1-2H3. The Morgan fingerprint density at radius 3 is 2.49 bits per heavy atom. The van der Waals surface area contributed by atoms with Crippen LogP contribution < -0.4 is 9.80 Å². The minimum atomic E-state index is -0.409. The number of fused-ring (bicyclic) bond motifs is 4. The van der Waals surface area contributed by atoms with Crippen LogP contribution in [0.2, 0.25) is 5.02 Å². The van der Waals surface area contributed by atoms with Gasteiger partial charge in [-0.25, -0.2) is 9.37 Å². The Labute approximate surface area is 221 Å². The van der Waals surface area contributed by atoms with E-state index in [-0.39, 0.29) is 11.1 Å². The van der Waals surface area contributed by atoms with Gasteiger partial charge in [0.2, 0.25) is 5.95 Å². The second kappa shape index (κ2) is 8.52. The number of nitrogens with zero attached hydrogens (tertiary/aromatic N) is 5. The summed E-state index contributed by atoms with van der Waals surface area (Å²) in [5.74, 6) is 2.42. The number of benzene rings is 2. The Morgan fingerprint density at radius 2 is 1.76 bits per heavy atom. The van der Waals surface area contributed by atoms with Gasteiger partial charge in [-0.3, -0.25) is 4.98 Å². The predicted octanol–water partition coefficient (Wildman–Crippen LogP) is 7.11. The number of hydrogen-bond acceptors (Lipinski definition) is 5. The fourth-order valence-electron chi connectivity index (χ4n) is 6.71. The molecule has 3 aliphatic rings. The molecule has 7 rings (SSSR count). The average Bonchev–Trinajstić information content (AvgIpc) is 3.23. The molecule has 0 N–H and O–H groups in total. The SMILES string of the molecule is CCC1(C)CN(c2nc(N3CC4CCC(C4)C3)c3cnc(-c4cccc5cccc(Cl)c45)c(F)c3n2)C1. The third-order valence-electron chi connectivity index (χ3n) is 8.95. The van der Waals surface area contributed by atoms with E-state index in [1.165, 1.54) is 19.3 Å². The lowest BCUT2D eigenvalue weighted by Crippen LogP contribution is -2.55. The van der Waals surface area contributed by atoms with Gasteiger partial charge in [-0.15, -0.1) is 0 Å². The molecule has 1 saturated carbocycles. The first-order valence-electron chi connectivity index (χ1n) is 13.5. The Bertz CT molecular complexity index is 1510. The highest BCUT2D eigenvalue weighted by Gasteiger charge is 2.40. The molecule has 1 aliphatic carbocycles. The molecule has 2 bridgehead atoms. The first-order chi connectivity index (χ1) is 17.9. The number of piperidine rings is 1. The van der Waals surface area contributed by atoms with Gasteiger partial charge in [-0.05, 0) is 49.0 Å². The van der Waals surface area contributed by atoms with Gasteiger partial charge in [-0.1, -0.05) is 55.8 Å². The maximum absolute atomic E-state index is 16.5. The van der Waals surface area contributed by atoms with E-state index in [4.69, 9.17) is 21.6 Å². The second-order valence-corrected chi connectivity index (χ2v) is 12.1. The van der Waals surface area contributed by atoms with Gasteiger partial charge in [-0.2, -0.15) is 4.98 Å². The number of anilines is 2. The van der Waals surface area contributed by atoms with Crippen molar-refractivity contribution in [2.45, 2.75) is 39.5 Å². The molecule has 2 aromatic heterocycles. The Balaban J connectivity index is 1.41. The molecule has 2 atom stereocenters. The summed E-state index contributed by atoms with van der Waals surface area (Å²) in [6.07, 6.45) is 6.72. The molecule has 4 aromatic rings. The van der Waals surface area contributed by atoms with E-state index in [2.05, 4.69) is 28.6 Å². The highest BCUT2D eigenvalue weighted by molar-refractivity contribution is 6.36. The molecule has 5 nitrogen and oxygen atoms in total. The van der Waals surface area contributed by atoms with Gasteiger partial charge in [0.1, 0.15) is 17.0 Å². The Hall–Kier alpha value is -2.99. The molecule has 0 amide bonds. The predicted molar refractivity (Wildman–Crippen MR) is 149 cm³/mol. The lowest BCUT2D eigenvalue weighted by atomic mass is 9.80. The Morgan fingerprint density at radius 1 is 1.03 bits per heavy atom. The lowest BCUT2D eigenvalue weighted by Gasteiger charge is -2.48. The van der Waals surface area contributed by atoms with Gasteiger partial charge in [0.25, 0.3) is 0 Å². The van der Waals surface area contributed by atoms with Crippen LogP contribution in [0.3, 0.4) is 0 Å². The number of halogens is 2. The average molecular weight is 516 g/mol. The summed E-state index contributed by atoms with van der Waals surface area (Å²) in [7, 11) is 0. The minimum Gasteiger partial charge on any atom is -0.355 e. The molecule has 0 radical (unpaired) electrons. The summed E-state index contributed by atoms with van der Waals surface area (Å²) >= 11 is 6.59. The highest BCUT2D eigenvalue weighted by Crippen LogP contribution is 2.43. The second-order valence-electron chi connectivity index (χ2n) is 11.6. The van der Waals surface area contributed by atoms with E-state index in [0.717, 1.165) is 49.2 Å². The molecule has 2 saturated heterocycles. The molecule has 37 heavy (non-hydrogen) atoms. The van der Waals surface area contributed by atoms with Gasteiger partial charge >= 0.3 is 0 Å². The molecule has 7 heteroatoms. The van der Waals surface area contributed by atoms with Crippen molar-refractivity contribution in [2.24, 2.45) is 17.3 Å². The zero-order valence-electron chi connectivity index (χ0n) is 21.3. The summed E-state index contributed by atoms with van der Waals surface area (Å²) in [5, 5.41) is 3.04. The van der Waals surface area contributed by atoms with E-state index >= 15 is 4.39 Å². The van der Waals surface area contributed by atoms with Crippen molar-refractivity contribution in [3.05, 3.63) is 53.4 Å². The monoisotopic (exact) mass is 515 g/mol. The van der Waals surface area contributed by atoms with E-state index in [1.807, 2.05) is 36.4 Å². The first kappa shape index (κ1) is 23.2. The van der Waals surface area contributed by atoms with Crippen molar-refractivity contribution in [1.82, 2.24) is 15.0 Å². The third kappa shape index (κ3) is 3.75. The molecule has 190 valence electrons. The minimum absolute atomic E-state index is 0.254. The number of rotatable bonds is 4. The third-order valence-corrected chi connectivity index (χ3v) is 9.26. The summed E-state index contributed by atoms with van der Waals surface area (Å²) in [4.78, 5) is 19.1. The van der Waals surface area contributed by atoms with Gasteiger partial charge in [0, 0.05) is 53.8 Å². The van der Waals surface area contributed by atoms with Crippen molar-refractivity contribution in [3.8, 4) is 11.3 Å². The van der Waals surface area contributed by atoms with Crippen molar-refractivity contribution < 1.29 is 4.39 Å². The van der Waals surface area contributed by atoms with Crippen LogP contribution in [0.5, 0.6) is 0 Å². The zero-order valence-corrected chi connectivity index (χ0v) is 22.1. The maximum atomic E-state index is 16.5. The molecule has 3 fully saturated rings. The van der Waals surface area contributed by atoms with Crippen LogP contribution in [-0.4, -0.2) is 41.1 Å². The fourth-order valence-corrected chi connectivity index (χ4v) is 7.00. The van der Waals surface area contributed by atoms with E-state index < -0.39 is 5.82 Å². The molecule has 2 unspecified atom stereocenters. The topological polar surface area (TPSA) is 45.2 Å². The molecular weight excluding hydrogens is 485 g/mol. The summed E-state index contributed by atoms with van der Waals surface area (Å²) in [6, 6.07) is 11.5.